The highest BCUT2D eigenvalue weighted by atomic mass is 32.1. The van der Waals surface area contributed by atoms with Gasteiger partial charge in [0.15, 0.2) is 16.6 Å². The van der Waals surface area contributed by atoms with E-state index in [1.165, 1.54) is 44.2 Å². The summed E-state index contributed by atoms with van der Waals surface area (Å²) in [5.74, 6) is 4.26. The fourth-order valence-corrected chi connectivity index (χ4v) is 6.76. The van der Waals surface area contributed by atoms with E-state index >= 15 is 0 Å². The maximum atomic E-state index is 5.61. The molecule has 5 heteroatoms. The Morgan fingerprint density at radius 3 is 2.19 bits per heavy atom. The van der Waals surface area contributed by atoms with Crippen LogP contribution in [0.15, 0.2) is 30.0 Å². The molecule has 0 radical (unpaired) electrons. The Labute approximate surface area is 166 Å². The van der Waals surface area contributed by atoms with Gasteiger partial charge in [-0.15, -0.1) is 0 Å². The number of rotatable bonds is 4. The van der Waals surface area contributed by atoms with Crippen LogP contribution in [0.2, 0.25) is 0 Å². The summed E-state index contributed by atoms with van der Waals surface area (Å²) in [6.07, 6.45) is 10.7. The number of nitrogens with one attached hydrogen (secondary N) is 2. The minimum atomic E-state index is 0.0709. The van der Waals surface area contributed by atoms with E-state index in [-0.39, 0.29) is 6.04 Å². The van der Waals surface area contributed by atoms with Crippen molar-refractivity contribution in [2.24, 2.45) is 23.2 Å². The molecule has 2 N–H and O–H groups in total. The number of hydrogen-bond donors (Lipinski definition) is 2. The molecule has 4 bridgehead atoms. The topological polar surface area (TPSA) is 42.5 Å². The van der Waals surface area contributed by atoms with Crippen molar-refractivity contribution in [3.8, 4) is 11.5 Å². The van der Waals surface area contributed by atoms with Gasteiger partial charge in [0.1, 0.15) is 0 Å². The second-order valence-corrected chi connectivity index (χ2v) is 9.38. The first kappa shape index (κ1) is 17.4. The highest BCUT2D eigenvalue weighted by molar-refractivity contribution is 7.80. The first-order valence-electron chi connectivity index (χ1n) is 10.1. The van der Waals surface area contributed by atoms with Gasteiger partial charge >= 0.3 is 0 Å². The van der Waals surface area contributed by atoms with E-state index in [9.17, 15) is 0 Å². The number of allylic oxidation sites excluding steroid dienone is 1. The first-order valence-corrected chi connectivity index (χ1v) is 10.5. The predicted molar refractivity (Wildman–Crippen MR) is 110 cm³/mol. The standard InChI is InChI=1S/C22H28N2O2S/c1-25-18-4-3-16(8-19(18)26-2)17-9-20(24-21(27)23-17)22-10-13-5-14(11-22)7-15(6-13)12-22/h3-4,8-9,13-15,17H,5-7,10-12H2,1-2H3,(H2,23,24,27)/t13?,14?,15?,17-,22?/m0/s1. The molecule has 0 unspecified atom stereocenters. The lowest BCUT2D eigenvalue weighted by Crippen LogP contribution is -2.53. The van der Waals surface area contributed by atoms with Crippen LogP contribution in [-0.2, 0) is 0 Å². The zero-order valence-corrected chi connectivity index (χ0v) is 16.9. The van der Waals surface area contributed by atoms with Crippen LogP contribution in [0, 0.1) is 23.2 Å². The van der Waals surface area contributed by atoms with E-state index in [0.717, 1.165) is 39.9 Å². The molecule has 1 heterocycles. The van der Waals surface area contributed by atoms with Gasteiger partial charge in [0.2, 0.25) is 0 Å². The van der Waals surface area contributed by atoms with E-state index in [1.54, 1.807) is 14.2 Å². The fraction of sp³-hybridized carbons (Fsp3) is 0.591. The van der Waals surface area contributed by atoms with Gasteiger partial charge < -0.3 is 20.1 Å². The zero-order valence-electron chi connectivity index (χ0n) is 16.1. The Hall–Kier alpha value is -1.75. The van der Waals surface area contributed by atoms with Crippen molar-refractivity contribution < 1.29 is 9.47 Å². The molecule has 4 aliphatic carbocycles. The van der Waals surface area contributed by atoms with E-state index in [2.05, 4.69) is 28.8 Å². The Morgan fingerprint density at radius 1 is 0.963 bits per heavy atom. The monoisotopic (exact) mass is 384 g/mol. The fourth-order valence-electron chi connectivity index (χ4n) is 6.53. The molecule has 5 aliphatic rings. The predicted octanol–water partition coefficient (Wildman–Crippen LogP) is 4.32. The van der Waals surface area contributed by atoms with Gasteiger partial charge in [0, 0.05) is 11.1 Å². The molecule has 0 spiro atoms. The van der Waals surface area contributed by atoms with Gasteiger partial charge in [-0.05, 0) is 92.3 Å². The van der Waals surface area contributed by atoms with Crippen molar-refractivity contribution in [2.45, 2.75) is 44.6 Å². The summed E-state index contributed by atoms with van der Waals surface area (Å²) in [4.78, 5) is 0. The molecule has 1 aromatic rings. The molecule has 6 rings (SSSR count). The van der Waals surface area contributed by atoms with Crippen LogP contribution in [0.25, 0.3) is 0 Å². The molecular weight excluding hydrogens is 356 g/mol. The van der Waals surface area contributed by atoms with Crippen LogP contribution in [-0.4, -0.2) is 19.3 Å². The lowest BCUT2D eigenvalue weighted by atomic mass is 9.48. The van der Waals surface area contributed by atoms with Crippen molar-refractivity contribution in [3.63, 3.8) is 0 Å². The lowest BCUT2D eigenvalue weighted by Gasteiger charge is -2.58. The number of hydrogen-bond acceptors (Lipinski definition) is 3. The summed E-state index contributed by atoms with van der Waals surface area (Å²) >= 11 is 5.61. The van der Waals surface area contributed by atoms with Crippen LogP contribution in [0.5, 0.6) is 11.5 Å². The minimum absolute atomic E-state index is 0.0709. The summed E-state index contributed by atoms with van der Waals surface area (Å²) in [6.45, 7) is 0. The van der Waals surface area contributed by atoms with Crippen LogP contribution >= 0.6 is 12.2 Å². The summed E-state index contributed by atoms with van der Waals surface area (Å²) in [6, 6.07) is 6.19. The van der Waals surface area contributed by atoms with Crippen LogP contribution < -0.4 is 20.1 Å². The summed E-state index contributed by atoms with van der Waals surface area (Å²) < 4.78 is 10.9. The molecule has 0 amide bonds. The molecule has 144 valence electrons. The summed E-state index contributed by atoms with van der Waals surface area (Å²) in [5.41, 5.74) is 2.83. The second-order valence-electron chi connectivity index (χ2n) is 8.97. The molecule has 1 aliphatic heterocycles. The van der Waals surface area contributed by atoms with E-state index in [0.29, 0.717) is 5.41 Å². The third-order valence-electron chi connectivity index (χ3n) is 7.24. The number of methoxy groups -OCH3 is 2. The Balaban J connectivity index is 1.49. The zero-order chi connectivity index (χ0) is 18.6. The van der Waals surface area contributed by atoms with Gasteiger partial charge in [0.05, 0.1) is 20.3 Å². The third kappa shape index (κ3) is 2.91. The van der Waals surface area contributed by atoms with Crippen molar-refractivity contribution in [3.05, 3.63) is 35.5 Å². The van der Waals surface area contributed by atoms with Gasteiger partial charge in [-0.2, -0.15) is 0 Å². The highest BCUT2D eigenvalue weighted by Crippen LogP contribution is 2.62. The molecule has 4 saturated carbocycles. The molecule has 4 nitrogen and oxygen atoms in total. The first-order chi connectivity index (χ1) is 13.1. The molecule has 0 saturated heterocycles. The number of ether oxygens (including phenoxy) is 2. The largest absolute Gasteiger partial charge is 0.493 e. The van der Waals surface area contributed by atoms with Crippen LogP contribution in [0.4, 0.5) is 0 Å². The Bertz CT molecular complexity index is 768. The van der Waals surface area contributed by atoms with Gasteiger partial charge in [-0.1, -0.05) is 6.07 Å². The normalized spacial score (nSPS) is 36.7. The SMILES string of the molecule is COc1ccc([C@@H]2C=C(C34CC5CC(CC(C5)C3)C4)NC(=S)N2)cc1OC. The Morgan fingerprint density at radius 2 is 1.59 bits per heavy atom. The maximum absolute atomic E-state index is 5.61. The second kappa shape index (κ2) is 6.40. The smallest absolute Gasteiger partial charge is 0.171 e. The van der Waals surface area contributed by atoms with Gasteiger partial charge in [-0.3, -0.25) is 0 Å². The highest BCUT2D eigenvalue weighted by Gasteiger charge is 2.53. The van der Waals surface area contributed by atoms with E-state index < -0.39 is 0 Å². The molecule has 1 aromatic carbocycles. The molecule has 0 aromatic heterocycles. The molecule has 27 heavy (non-hydrogen) atoms. The number of thiocarbonyl (C=S) groups is 1. The molecule has 4 fully saturated rings. The average Bonchev–Trinajstić information content (AvgIpc) is 2.66. The van der Waals surface area contributed by atoms with Crippen molar-refractivity contribution >= 4 is 17.3 Å². The Kier molecular flexibility index (Phi) is 4.12. The lowest BCUT2D eigenvalue weighted by molar-refractivity contribution is -0.0331. The van der Waals surface area contributed by atoms with Crippen molar-refractivity contribution in [1.29, 1.82) is 0 Å². The summed E-state index contributed by atoms with van der Waals surface area (Å²) in [5, 5.41) is 7.72. The van der Waals surface area contributed by atoms with E-state index in [1.807, 2.05) is 6.07 Å². The van der Waals surface area contributed by atoms with Crippen molar-refractivity contribution in [1.82, 2.24) is 10.6 Å². The van der Waals surface area contributed by atoms with Crippen LogP contribution in [0.1, 0.15) is 50.1 Å². The van der Waals surface area contributed by atoms with Gasteiger partial charge in [0.25, 0.3) is 0 Å². The quantitative estimate of drug-likeness (QED) is 0.757. The molecule has 1 atom stereocenters. The average molecular weight is 385 g/mol. The third-order valence-corrected chi connectivity index (χ3v) is 7.46. The molecular formula is C22H28N2O2S. The van der Waals surface area contributed by atoms with Gasteiger partial charge in [-0.25, -0.2) is 0 Å². The minimum Gasteiger partial charge on any atom is -0.493 e. The van der Waals surface area contributed by atoms with Crippen molar-refractivity contribution in [2.75, 3.05) is 14.2 Å². The van der Waals surface area contributed by atoms with Crippen LogP contribution in [0.3, 0.4) is 0 Å². The van der Waals surface area contributed by atoms with E-state index in [4.69, 9.17) is 21.7 Å². The maximum Gasteiger partial charge on any atom is 0.171 e. The number of benzene rings is 1. The summed E-state index contributed by atoms with van der Waals surface area (Å²) in [7, 11) is 3.35.